The number of hydrogen-bond acceptors (Lipinski definition) is 4. The molecule has 7 heteroatoms. The maximum Gasteiger partial charge on any atom is 0.263 e. The van der Waals surface area contributed by atoms with Crippen molar-refractivity contribution in [2.24, 2.45) is 5.92 Å². The third-order valence-electron chi connectivity index (χ3n) is 4.75. The molecule has 0 unspecified atom stereocenters. The highest BCUT2D eigenvalue weighted by atomic mass is 32.1. The Morgan fingerprint density at radius 1 is 1.19 bits per heavy atom. The lowest BCUT2D eigenvalue weighted by Crippen LogP contribution is -2.42. The molecular formula is C19H20N4O2S. The summed E-state index contributed by atoms with van der Waals surface area (Å²) in [5, 5.41) is 4.88. The molecule has 2 amide bonds. The number of fused-ring (bicyclic) bond motifs is 1. The number of nitrogens with one attached hydrogen (secondary N) is 2. The lowest BCUT2D eigenvalue weighted by Gasteiger charge is -2.31. The summed E-state index contributed by atoms with van der Waals surface area (Å²) >= 11 is 1.46. The predicted molar refractivity (Wildman–Crippen MR) is 101 cm³/mol. The van der Waals surface area contributed by atoms with E-state index >= 15 is 0 Å². The van der Waals surface area contributed by atoms with Gasteiger partial charge in [-0.15, -0.1) is 11.3 Å². The molecule has 26 heavy (non-hydrogen) atoms. The number of carbonyl (C=O) groups excluding carboxylic acids is 2. The second kappa shape index (κ2) is 7.29. The summed E-state index contributed by atoms with van der Waals surface area (Å²) in [4.78, 5) is 35.1. The highest BCUT2D eigenvalue weighted by Crippen LogP contribution is 2.21. The number of thiophene rings is 1. The van der Waals surface area contributed by atoms with Crippen LogP contribution >= 0.6 is 11.3 Å². The minimum absolute atomic E-state index is 0.0358. The molecule has 3 aromatic rings. The van der Waals surface area contributed by atoms with Crippen LogP contribution in [-0.2, 0) is 11.3 Å². The van der Waals surface area contributed by atoms with Gasteiger partial charge in [-0.3, -0.25) is 9.59 Å². The SMILES string of the molecule is O=C(NCc1nc2ccccc2[nH]1)C1CCN(C(=O)c2cccs2)CC1. The first kappa shape index (κ1) is 16.8. The van der Waals surface area contributed by atoms with E-state index in [0.717, 1.165) is 21.7 Å². The Hall–Kier alpha value is -2.67. The highest BCUT2D eigenvalue weighted by molar-refractivity contribution is 7.12. The molecule has 3 heterocycles. The van der Waals surface area contributed by atoms with E-state index in [0.29, 0.717) is 32.5 Å². The summed E-state index contributed by atoms with van der Waals surface area (Å²) in [6.45, 7) is 1.64. The normalized spacial score (nSPS) is 15.3. The zero-order valence-corrected chi connectivity index (χ0v) is 15.1. The second-order valence-electron chi connectivity index (χ2n) is 6.46. The van der Waals surface area contributed by atoms with E-state index in [4.69, 9.17) is 0 Å². The summed E-state index contributed by atoms with van der Waals surface area (Å²) in [7, 11) is 0. The van der Waals surface area contributed by atoms with Crippen molar-refractivity contribution in [1.82, 2.24) is 20.2 Å². The quantitative estimate of drug-likeness (QED) is 0.743. The number of amides is 2. The number of hydrogen-bond donors (Lipinski definition) is 2. The van der Waals surface area contributed by atoms with Crippen LogP contribution in [0.1, 0.15) is 28.3 Å². The predicted octanol–water partition coefficient (Wildman–Crippen LogP) is 2.79. The number of aromatic nitrogens is 2. The van der Waals surface area contributed by atoms with Crippen LogP contribution in [0.2, 0.25) is 0 Å². The van der Waals surface area contributed by atoms with Crippen LogP contribution in [0.5, 0.6) is 0 Å². The van der Waals surface area contributed by atoms with E-state index in [2.05, 4.69) is 15.3 Å². The molecular weight excluding hydrogens is 348 g/mol. The summed E-state index contributed by atoms with van der Waals surface area (Å²) in [6, 6.07) is 11.5. The molecule has 0 saturated carbocycles. The van der Waals surface area contributed by atoms with Gasteiger partial charge < -0.3 is 15.2 Å². The van der Waals surface area contributed by atoms with Crippen LogP contribution in [0.15, 0.2) is 41.8 Å². The average Bonchev–Trinajstić information content (AvgIpc) is 3.35. The molecule has 0 spiro atoms. The van der Waals surface area contributed by atoms with Gasteiger partial charge in [-0.05, 0) is 36.4 Å². The van der Waals surface area contributed by atoms with Gasteiger partial charge in [-0.25, -0.2) is 4.98 Å². The number of carbonyl (C=O) groups is 2. The van der Waals surface area contributed by atoms with Gasteiger partial charge in [0.1, 0.15) is 5.82 Å². The van der Waals surface area contributed by atoms with Crippen LogP contribution in [0, 0.1) is 5.92 Å². The Kier molecular flexibility index (Phi) is 4.71. The van der Waals surface area contributed by atoms with Crippen molar-refractivity contribution in [3.8, 4) is 0 Å². The number of benzene rings is 1. The summed E-state index contributed by atoms with van der Waals surface area (Å²) in [5.74, 6) is 0.812. The largest absolute Gasteiger partial charge is 0.349 e. The van der Waals surface area contributed by atoms with Crippen molar-refractivity contribution in [3.05, 3.63) is 52.5 Å². The fourth-order valence-corrected chi connectivity index (χ4v) is 4.00. The minimum atomic E-state index is -0.0493. The van der Waals surface area contributed by atoms with Crippen LogP contribution in [0.4, 0.5) is 0 Å². The first-order valence-electron chi connectivity index (χ1n) is 8.75. The van der Waals surface area contributed by atoms with Crippen LogP contribution in [-0.4, -0.2) is 39.8 Å². The topological polar surface area (TPSA) is 78.1 Å². The van der Waals surface area contributed by atoms with Crippen molar-refractivity contribution in [2.45, 2.75) is 19.4 Å². The third kappa shape index (κ3) is 3.48. The van der Waals surface area contributed by atoms with Gasteiger partial charge in [0.2, 0.25) is 5.91 Å². The molecule has 1 fully saturated rings. The number of para-hydroxylation sites is 2. The molecule has 0 radical (unpaired) electrons. The zero-order chi connectivity index (χ0) is 17.9. The van der Waals surface area contributed by atoms with E-state index < -0.39 is 0 Å². The Bertz CT molecular complexity index is 878. The van der Waals surface area contributed by atoms with Gasteiger partial charge in [-0.2, -0.15) is 0 Å². The molecule has 1 aliphatic rings. The molecule has 0 aliphatic carbocycles. The molecule has 1 saturated heterocycles. The highest BCUT2D eigenvalue weighted by Gasteiger charge is 2.28. The fraction of sp³-hybridized carbons (Fsp3) is 0.316. The van der Waals surface area contributed by atoms with Gasteiger partial charge in [0.15, 0.2) is 0 Å². The van der Waals surface area contributed by atoms with E-state index in [-0.39, 0.29) is 17.7 Å². The average molecular weight is 368 g/mol. The first-order chi connectivity index (χ1) is 12.7. The fourth-order valence-electron chi connectivity index (χ4n) is 3.31. The first-order valence-corrected chi connectivity index (χ1v) is 9.63. The lowest BCUT2D eigenvalue weighted by molar-refractivity contribution is -0.126. The third-order valence-corrected chi connectivity index (χ3v) is 5.61. The molecule has 134 valence electrons. The van der Waals surface area contributed by atoms with E-state index in [9.17, 15) is 9.59 Å². The maximum absolute atomic E-state index is 12.4. The Balaban J connectivity index is 1.29. The number of imidazole rings is 1. The van der Waals surface area contributed by atoms with Gasteiger partial charge in [0.05, 0.1) is 22.5 Å². The molecule has 1 aromatic carbocycles. The number of nitrogens with zero attached hydrogens (tertiary/aromatic N) is 2. The molecule has 4 rings (SSSR count). The molecule has 2 N–H and O–H groups in total. The van der Waals surface area contributed by atoms with Crippen molar-refractivity contribution in [2.75, 3.05) is 13.1 Å². The second-order valence-corrected chi connectivity index (χ2v) is 7.41. The summed E-state index contributed by atoms with van der Waals surface area (Å²) in [6.07, 6.45) is 1.39. The van der Waals surface area contributed by atoms with Crippen molar-refractivity contribution in [1.29, 1.82) is 0 Å². The van der Waals surface area contributed by atoms with E-state index in [1.54, 1.807) is 0 Å². The standard InChI is InChI=1S/C19H20N4O2S/c24-18(20-12-17-21-14-4-1-2-5-15(14)22-17)13-7-9-23(10-8-13)19(25)16-6-3-11-26-16/h1-6,11,13H,7-10,12H2,(H,20,24)(H,21,22). The lowest BCUT2D eigenvalue weighted by atomic mass is 9.96. The number of H-pyrrole nitrogens is 1. The van der Waals surface area contributed by atoms with Gasteiger partial charge >= 0.3 is 0 Å². The monoisotopic (exact) mass is 368 g/mol. The zero-order valence-electron chi connectivity index (χ0n) is 14.3. The van der Waals surface area contributed by atoms with Gasteiger partial charge in [0.25, 0.3) is 5.91 Å². The Morgan fingerprint density at radius 2 is 2.00 bits per heavy atom. The minimum Gasteiger partial charge on any atom is -0.349 e. The molecule has 6 nitrogen and oxygen atoms in total. The maximum atomic E-state index is 12.4. The smallest absolute Gasteiger partial charge is 0.263 e. The van der Waals surface area contributed by atoms with E-state index in [1.807, 2.05) is 46.7 Å². The van der Waals surface area contributed by atoms with E-state index in [1.165, 1.54) is 11.3 Å². The molecule has 1 aliphatic heterocycles. The van der Waals surface area contributed by atoms with Crippen molar-refractivity contribution in [3.63, 3.8) is 0 Å². The van der Waals surface area contributed by atoms with Gasteiger partial charge in [-0.1, -0.05) is 18.2 Å². The van der Waals surface area contributed by atoms with Crippen LogP contribution < -0.4 is 5.32 Å². The Labute approximate surface area is 155 Å². The van der Waals surface area contributed by atoms with Crippen LogP contribution in [0.25, 0.3) is 11.0 Å². The summed E-state index contributed by atoms with van der Waals surface area (Å²) in [5.41, 5.74) is 1.87. The number of piperidine rings is 1. The molecule has 0 bridgehead atoms. The summed E-state index contributed by atoms with van der Waals surface area (Å²) < 4.78 is 0. The van der Waals surface area contributed by atoms with Crippen molar-refractivity contribution >= 4 is 34.2 Å². The van der Waals surface area contributed by atoms with Crippen molar-refractivity contribution < 1.29 is 9.59 Å². The number of likely N-dealkylation sites (tertiary alicyclic amines) is 1. The van der Waals surface area contributed by atoms with Gasteiger partial charge in [0, 0.05) is 19.0 Å². The number of rotatable bonds is 4. The molecule has 2 aromatic heterocycles. The molecule has 0 atom stereocenters. The number of aromatic amines is 1. The van der Waals surface area contributed by atoms with Crippen LogP contribution in [0.3, 0.4) is 0 Å². The Morgan fingerprint density at radius 3 is 2.73 bits per heavy atom.